The number of nitrogens with one attached hydrogen (secondary N) is 15. The second-order valence-electron chi connectivity index (χ2n) is 28.1. The van der Waals surface area contributed by atoms with E-state index in [4.69, 9.17) is 16.9 Å². The van der Waals surface area contributed by atoms with Crippen LogP contribution in [0.4, 0.5) is 0 Å². The number of aliphatic hydroxyl groups is 1. The summed E-state index contributed by atoms with van der Waals surface area (Å²) in [6.45, 7) is 0.452. The van der Waals surface area contributed by atoms with Crippen molar-refractivity contribution in [3.8, 4) is 5.75 Å². The lowest BCUT2D eigenvalue weighted by Crippen LogP contribution is -2.61. The van der Waals surface area contributed by atoms with E-state index in [1.807, 2.05) is 24.3 Å². The number of thioether (sulfide) groups is 1. The van der Waals surface area contributed by atoms with Gasteiger partial charge >= 0.3 is 0 Å². The third kappa shape index (κ3) is 26.9. The van der Waals surface area contributed by atoms with E-state index >= 15 is 14.4 Å². The molecule has 0 radical (unpaired) electrons. The minimum atomic E-state index is -1.83. The number of likely N-dealkylation sites (N-methyl/N-ethyl adjacent to an activating group) is 2. The van der Waals surface area contributed by atoms with Crippen molar-refractivity contribution in [3.63, 3.8) is 0 Å². The van der Waals surface area contributed by atoms with Crippen LogP contribution in [0.2, 0.25) is 0 Å². The molecule has 40 heteroatoms. The Balaban J connectivity index is 1.18. The first kappa shape index (κ1) is 90.3. The molecule has 21 N–H and O–H groups in total. The van der Waals surface area contributed by atoms with E-state index < -0.39 is 181 Å². The molecular formula is C78H101N23O16S. The smallest absolute Gasteiger partial charge is 0.245 e. The number of H-pyrrole nitrogens is 2. The number of nitrogens with zero attached hydrogens (tertiary/aromatic N) is 6. The number of imidazole rings is 3. The fourth-order valence-electron chi connectivity index (χ4n) is 12.9. The summed E-state index contributed by atoms with van der Waals surface area (Å²) < 4.78 is 1.56. The van der Waals surface area contributed by atoms with Gasteiger partial charge < -0.3 is 110 Å². The van der Waals surface area contributed by atoms with Gasteiger partial charge in [0.05, 0.1) is 55.8 Å². The van der Waals surface area contributed by atoms with Crippen LogP contribution in [0.25, 0.3) is 10.8 Å². The molecule has 39 nitrogen and oxygen atoms in total. The monoisotopic (exact) mass is 1650 g/mol. The number of aryl methyl sites for hydroxylation is 1. The molecule has 1 fully saturated rings. The number of rotatable bonds is 22. The van der Waals surface area contributed by atoms with Gasteiger partial charge in [0.15, 0.2) is 5.96 Å². The van der Waals surface area contributed by atoms with E-state index in [0.29, 0.717) is 27.8 Å². The number of phenols is 1. The summed E-state index contributed by atoms with van der Waals surface area (Å²) in [6.07, 6.45) is 6.38. The maximum absolute atomic E-state index is 15.2. The van der Waals surface area contributed by atoms with Gasteiger partial charge in [-0.3, -0.25) is 72.5 Å². The summed E-state index contributed by atoms with van der Waals surface area (Å²) in [5.41, 5.74) is 13.4. The quantitative estimate of drug-likeness (QED) is 0.0175. The zero-order valence-electron chi connectivity index (χ0n) is 65.7. The van der Waals surface area contributed by atoms with Crippen LogP contribution in [-0.2, 0) is 113 Å². The van der Waals surface area contributed by atoms with E-state index in [2.05, 4.69) is 88.7 Å². The van der Waals surface area contributed by atoms with Crippen molar-refractivity contribution in [1.29, 1.82) is 5.41 Å². The van der Waals surface area contributed by atoms with Gasteiger partial charge in [-0.15, -0.1) is 11.8 Å². The first-order chi connectivity index (χ1) is 56.5. The van der Waals surface area contributed by atoms with Gasteiger partial charge in [0.25, 0.3) is 0 Å². The lowest BCUT2D eigenvalue weighted by atomic mass is 9.97. The number of nitrogens with two attached hydrogens (primary N) is 2. The van der Waals surface area contributed by atoms with Gasteiger partial charge in [0, 0.05) is 96.3 Å². The lowest BCUT2D eigenvalue weighted by Gasteiger charge is -2.33. The molecule has 11 atom stereocenters. The van der Waals surface area contributed by atoms with Crippen molar-refractivity contribution in [2.24, 2.45) is 18.5 Å². The third-order valence-corrected chi connectivity index (χ3v) is 20.6. The first-order valence-corrected chi connectivity index (χ1v) is 39.2. The molecule has 1 aliphatic rings. The topological polar surface area (TPSA) is 581 Å². The summed E-state index contributed by atoms with van der Waals surface area (Å²) in [5.74, 6) is -14.5. The van der Waals surface area contributed by atoms with Gasteiger partial charge in [-0.1, -0.05) is 98.8 Å². The fraction of sp³-hybridized carbons (Fsp3) is 0.410. The zero-order valence-corrected chi connectivity index (χ0v) is 66.5. The van der Waals surface area contributed by atoms with Crippen molar-refractivity contribution >= 4 is 111 Å². The van der Waals surface area contributed by atoms with Crippen molar-refractivity contribution in [2.75, 3.05) is 51.8 Å². The Morgan fingerprint density at radius 1 is 0.559 bits per heavy atom. The number of hydrogen-bond donors (Lipinski definition) is 19. The Kier molecular flexibility index (Phi) is 34.1. The van der Waals surface area contributed by atoms with Crippen molar-refractivity contribution in [2.45, 2.75) is 145 Å². The van der Waals surface area contributed by atoms with Crippen LogP contribution in [0.1, 0.15) is 73.3 Å². The average Bonchev–Trinajstić information content (AvgIpc) is 0.904. The minimum Gasteiger partial charge on any atom is -0.508 e. The van der Waals surface area contributed by atoms with E-state index in [0.717, 1.165) is 26.9 Å². The predicted molar refractivity (Wildman–Crippen MR) is 431 cm³/mol. The minimum absolute atomic E-state index is 0.0179. The maximum atomic E-state index is 15.2. The molecule has 0 spiro atoms. The summed E-state index contributed by atoms with van der Waals surface area (Å²) in [6, 6.07) is 9.76. The Bertz CT molecular complexity index is 4640. The highest BCUT2D eigenvalue weighted by atomic mass is 32.2. The number of primary amides is 1. The molecule has 630 valence electrons. The molecule has 4 heterocycles. The van der Waals surface area contributed by atoms with Crippen LogP contribution >= 0.6 is 11.8 Å². The number of carbonyl (C=O) groups is 14. The normalized spacial score (nSPS) is 22.2. The number of guanidine groups is 1. The molecule has 118 heavy (non-hydrogen) atoms. The average molecular weight is 1650 g/mol. The van der Waals surface area contributed by atoms with Crippen molar-refractivity contribution < 1.29 is 77.3 Å². The van der Waals surface area contributed by atoms with Crippen molar-refractivity contribution in [3.05, 3.63) is 168 Å². The highest BCUT2D eigenvalue weighted by Gasteiger charge is 2.39. The number of fused-ring (bicyclic) bond motifs is 1. The Hall–Kier alpha value is -13.3. The van der Waals surface area contributed by atoms with Gasteiger partial charge in [-0.2, -0.15) is 0 Å². The molecule has 0 bridgehead atoms. The Morgan fingerprint density at radius 3 is 1.65 bits per heavy atom. The SMILES string of the molecule is CC[C@@H]1NC(=O)[C@H](Cc2c[nH]cn2)NC(=O)[C@H](Cc2ccc(O)cc2)N(C)C(=O)[C@H](CCCNC(=N)N)NC(=O)[C@H](CO)NC(=O)CNC(=O)[C@H](Cc2c[nH]cn2)NC(=O)[C@H](Cc2cccc3ccccc23)NC(=O)[C@H](CC)NC(=O)[C@H](Cc2ccccc2)N(C)C(=O)CSC[C@@H](C(=O)NCC(N)=O)NC(=O)[C@H](Cc2cncn2C)NC1=O. The second kappa shape index (κ2) is 44.6. The van der Waals surface area contributed by atoms with E-state index in [1.165, 1.54) is 82.9 Å². The Labute approximate surface area is 682 Å². The number of carbonyl (C=O) groups excluding carboxylic acids is 14. The largest absolute Gasteiger partial charge is 0.508 e. The number of phenolic OH excluding ortho intramolecular Hbond substituents is 1. The summed E-state index contributed by atoms with van der Waals surface area (Å²) in [4.78, 5) is 224. The van der Waals surface area contributed by atoms with Crippen LogP contribution in [0, 0.1) is 5.41 Å². The summed E-state index contributed by atoms with van der Waals surface area (Å²) in [5, 5.41) is 61.5. The molecule has 7 aromatic rings. The van der Waals surface area contributed by atoms with Crippen LogP contribution < -0.4 is 75.3 Å². The number of amides is 14. The molecule has 14 amide bonds. The molecule has 3 aromatic heterocycles. The molecule has 1 aliphatic heterocycles. The molecular weight excluding hydrogens is 1550 g/mol. The summed E-state index contributed by atoms with van der Waals surface area (Å²) >= 11 is 0.842. The molecule has 0 unspecified atom stereocenters. The van der Waals surface area contributed by atoms with E-state index in [1.54, 1.807) is 67.1 Å². The molecule has 0 aliphatic carbocycles. The number of aliphatic hydroxyl groups excluding tert-OH is 1. The predicted octanol–water partition coefficient (Wildman–Crippen LogP) is -3.96. The van der Waals surface area contributed by atoms with E-state index in [9.17, 15) is 63.0 Å². The molecule has 4 aromatic carbocycles. The molecule has 8 rings (SSSR count). The number of hydrogen-bond acceptors (Lipinski definition) is 21. The van der Waals surface area contributed by atoms with Gasteiger partial charge in [-0.25, -0.2) is 15.0 Å². The van der Waals surface area contributed by atoms with Crippen molar-refractivity contribution in [1.82, 2.24) is 103 Å². The highest BCUT2D eigenvalue weighted by molar-refractivity contribution is 8.00. The van der Waals surface area contributed by atoms with Gasteiger partial charge in [-0.05, 0) is 65.3 Å². The number of benzene rings is 4. The number of aromatic hydroxyl groups is 1. The molecule has 1 saturated heterocycles. The van der Waals surface area contributed by atoms with Crippen LogP contribution in [-0.4, -0.2) is 256 Å². The molecule has 0 saturated carbocycles. The highest BCUT2D eigenvalue weighted by Crippen LogP contribution is 2.22. The lowest BCUT2D eigenvalue weighted by molar-refractivity contribution is -0.143. The third-order valence-electron chi connectivity index (χ3n) is 19.5. The Morgan fingerprint density at radius 2 is 1.08 bits per heavy atom. The maximum Gasteiger partial charge on any atom is 0.245 e. The summed E-state index contributed by atoms with van der Waals surface area (Å²) in [7, 11) is 4.20. The second-order valence-corrected chi connectivity index (χ2v) is 29.2. The first-order valence-electron chi connectivity index (χ1n) is 38.1. The standard InChI is InChI=1S/C78H101N23O16S/c1-6-53-69(109)96-59(32-50-35-84-43-99(50)3)73(113)98-61(68(108)86-36-64(79)104)39-118-40-66(106)100(4)62(27-44-15-9-8-10-16-44)75(115)92-54(7-2)70(110)94-56(29-47-19-13-18-46-17-11-12-20-52(46)47)71(111)95-57(30-48-33-82-41-88-48)67(107)87-37-65(105)90-60(38-102)74(114)93-55(21-14-26-85-78(80)81)77(117)101(5)63(28-45-22-24-51(103)25-23-45)76(116)97-58(72(112)91-53)31-49-34-83-42-89-49/h8-13,15-20,22-25,33-35,41-43,53-63,102-103H,6-7,14,21,26-32,36-40H2,1-5H3,(H2,79,104)(H,82,88)(H,83,89)(H,86,108)(H,87,107)(H,90,105)(H,91,112)(H,92,115)(H,93,114)(H,94,110)(H,95,111)(H,96,109)(H,97,116)(H,98,113)(H4,80,81,85)/t53-,54-,55-,56-,57-,58-,59-,60-,61-,62-,63-/m0/s1. The van der Waals surface area contributed by atoms with Gasteiger partial charge in [0.1, 0.15) is 72.2 Å². The van der Waals surface area contributed by atoms with E-state index in [-0.39, 0.29) is 93.6 Å². The van der Waals surface area contributed by atoms with Crippen LogP contribution in [0.3, 0.4) is 0 Å². The number of aromatic nitrogens is 6. The van der Waals surface area contributed by atoms with Crippen LogP contribution in [0.15, 0.2) is 135 Å². The van der Waals surface area contributed by atoms with Crippen LogP contribution in [0.5, 0.6) is 5.75 Å². The fourth-order valence-corrected chi connectivity index (χ4v) is 13.8. The van der Waals surface area contributed by atoms with Gasteiger partial charge in [0.2, 0.25) is 82.7 Å². The zero-order chi connectivity index (χ0) is 85.5. The number of aromatic amines is 2.